The predicted molar refractivity (Wildman–Crippen MR) is 113 cm³/mol. The first kappa shape index (κ1) is 21.2. The number of ketones is 1. The van der Waals surface area contributed by atoms with E-state index in [1.54, 1.807) is 30.3 Å². The maximum absolute atomic E-state index is 12.3. The summed E-state index contributed by atoms with van der Waals surface area (Å²) in [5.41, 5.74) is 0.296. The number of methoxy groups -OCH3 is 1. The van der Waals surface area contributed by atoms with Crippen LogP contribution >= 0.6 is 0 Å². The molecule has 0 saturated carbocycles. The maximum atomic E-state index is 12.3. The van der Waals surface area contributed by atoms with Crippen molar-refractivity contribution in [3.05, 3.63) is 104 Å². The molecule has 0 aliphatic rings. The Hall–Kier alpha value is -4.53. The SMILES string of the molecule is COc1ccc(Oc2ccc(C=CC(=O)c3ccc([N+](=O)[O-])cc3)cc2[N+](=O)[O-])cc1. The highest BCUT2D eigenvalue weighted by Gasteiger charge is 2.16. The summed E-state index contributed by atoms with van der Waals surface area (Å²) >= 11 is 0. The summed E-state index contributed by atoms with van der Waals surface area (Å²) < 4.78 is 10.7. The van der Waals surface area contributed by atoms with Crippen molar-refractivity contribution in [1.82, 2.24) is 0 Å². The lowest BCUT2D eigenvalue weighted by Crippen LogP contribution is -1.96. The highest BCUT2D eigenvalue weighted by molar-refractivity contribution is 6.06. The van der Waals surface area contributed by atoms with Gasteiger partial charge in [-0.3, -0.25) is 25.0 Å². The van der Waals surface area contributed by atoms with Gasteiger partial charge in [0.15, 0.2) is 5.78 Å². The van der Waals surface area contributed by atoms with Gasteiger partial charge in [-0.25, -0.2) is 0 Å². The maximum Gasteiger partial charge on any atom is 0.312 e. The Morgan fingerprint density at radius 2 is 1.52 bits per heavy atom. The summed E-state index contributed by atoms with van der Waals surface area (Å²) in [6.07, 6.45) is 2.66. The first-order valence-corrected chi connectivity index (χ1v) is 8.94. The average Bonchev–Trinajstić information content (AvgIpc) is 2.78. The van der Waals surface area contributed by atoms with E-state index in [1.807, 2.05) is 0 Å². The molecule has 0 bridgehead atoms. The van der Waals surface area contributed by atoms with Crippen molar-refractivity contribution >= 4 is 23.2 Å². The zero-order valence-corrected chi connectivity index (χ0v) is 16.3. The molecule has 0 N–H and O–H groups in total. The molecule has 0 aliphatic heterocycles. The molecule has 0 unspecified atom stereocenters. The molecule has 0 heterocycles. The summed E-state index contributed by atoms with van der Waals surface area (Å²) in [5.74, 6) is 0.686. The van der Waals surface area contributed by atoms with Crippen LogP contribution in [0.25, 0.3) is 6.08 Å². The highest BCUT2D eigenvalue weighted by Crippen LogP contribution is 2.33. The fourth-order valence-corrected chi connectivity index (χ4v) is 2.65. The van der Waals surface area contributed by atoms with E-state index in [9.17, 15) is 25.0 Å². The van der Waals surface area contributed by atoms with Gasteiger partial charge in [0.2, 0.25) is 5.75 Å². The van der Waals surface area contributed by atoms with Crippen LogP contribution in [0.5, 0.6) is 17.2 Å². The number of hydrogen-bond acceptors (Lipinski definition) is 7. The molecule has 0 fully saturated rings. The van der Waals surface area contributed by atoms with Crippen molar-refractivity contribution in [2.24, 2.45) is 0 Å². The number of nitrogens with zero attached hydrogens (tertiary/aromatic N) is 2. The molecule has 3 aromatic carbocycles. The Morgan fingerprint density at radius 1 is 0.871 bits per heavy atom. The van der Waals surface area contributed by atoms with E-state index in [0.717, 1.165) is 0 Å². The van der Waals surface area contributed by atoms with Crippen molar-refractivity contribution in [3.8, 4) is 17.2 Å². The van der Waals surface area contributed by atoms with E-state index in [-0.39, 0.29) is 22.7 Å². The van der Waals surface area contributed by atoms with E-state index in [1.165, 1.54) is 55.7 Å². The molecular weight excluding hydrogens is 404 g/mol. The number of rotatable bonds is 8. The number of benzene rings is 3. The van der Waals surface area contributed by atoms with E-state index in [0.29, 0.717) is 17.1 Å². The van der Waals surface area contributed by atoms with Gasteiger partial charge >= 0.3 is 5.69 Å². The smallest absolute Gasteiger partial charge is 0.312 e. The number of carbonyl (C=O) groups excluding carboxylic acids is 1. The molecule has 156 valence electrons. The summed E-state index contributed by atoms with van der Waals surface area (Å²) in [7, 11) is 1.53. The van der Waals surface area contributed by atoms with Crippen molar-refractivity contribution < 1.29 is 24.1 Å². The second kappa shape index (κ2) is 9.31. The monoisotopic (exact) mass is 420 g/mol. The van der Waals surface area contributed by atoms with Crippen LogP contribution in [0.3, 0.4) is 0 Å². The molecular formula is C22H16N2O7. The minimum Gasteiger partial charge on any atom is -0.497 e. The van der Waals surface area contributed by atoms with Gasteiger partial charge in [0.05, 0.1) is 17.0 Å². The first-order valence-electron chi connectivity index (χ1n) is 8.94. The predicted octanol–water partition coefficient (Wildman–Crippen LogP) is 5.20. The van der Waals surface area contributed by atoms with Crippen LogP contribution in [-0.2, 0) is 0 Å². The fourth-order valence-electron chi connectivity index (χ4n) is 2.65. The number of hydrogen-bond donors (Lipinski definition) is 0. The molecule has 0 aromatic heterocycles. The lowest BCUT2D eigenvalue weighted by atomic mass is 10.1. The molecule has 3 aromatic rings. The molecule has 9 heteroatoms. The summed E-state index contributed by atoms with van der Waals surface area (Å²) in [4.78, 5) is 33.3. The van der Waals surface area contributed by atoms with Gasteiger partial charge in [-0.15, -0.1) is 0 Å². The van der Waals surface area contributed by atoms with E-state index in [2.05, 4.69) is 0 Å². The van der Waals surface area contributed by atoms with Gasteiger partial charge in [-0.2, -0.15) is 0 Å². The molecule has 3 rings (SSSR count). The second-order valence-electron chi connectivity index (χ2n) is 6.26. The third-order valence-electron chi connectivity index (χ3n) is 4.26. The van der Waals surface area contributed by atoms with Crippen LogP contribution < -0.4 is 9.47 Å². The zero-order chi connectivity index (χ0) is 22.4. The summed E-state index contributed by atoms with van der Waals surface area (Å²) in [6.45, 7) is 0. The summed E-state index contributed by atoms with van der Waals surface area (Å²) in [6, 6.07) is 16.1. The molecule has 9 nitrogen and oxygen atoms in total. The normalized spacial score (nSPS) is 10.6. The molecule has 0 aliphatic carbocycles. The molecule has 0 amide bonds. The zero-order valence-electron chi connectivity index (χ0n) is 16.3. The van der Waals surface area contributed by atoms with Gasteiger partial charge in [0, 0.05) is 23.8 Å². The number of nitro benzene ring substituents is 2. The number of nitro groups is 2. The van der Waals surface area contributed by atoms with Crippen LogP contribution in [0.2, 0.25) is 0 Å². The quantitative estimate of drug-likeness (QED) is 0.212. The molecule has 0 spiro atoms. The second-order valence-corrected chi connectivity index (χ2v) is 6.26. The number of carbonyl (C=O) groups is 1. The Labute approximate surface area is 176 Å². The number of allylic oxidation sites excluding steroid dienone is 1. The number of ether oxygens (including phenoxy) is 2. The highest BCUT2D eigenvalue weighted by atomic mass is 16.6. The number of non-ortho nitro benzene ring substituents is 1. The van der Waals surface area contributed by atoms with Gasteiger partial charge in [-0.1, -0.05) is 12.1 Å². The third kappa shape index (κ3) is 5.30. The topological polar surface area (TPSA) is 122 Å². The Balaban J connectivity index is 1.78. The lowest BCUT2D eigenvalue weighted by molar-refractivity contribution is -0.385. The minimum atomic E-state index is -0.575. The summed E-state index contributed by atoms with van der Waals surface area (Å²) in [5, 5.41) is 22.2. The van der Waals surface area contributed by atoms with Crippen LogP contribution in [0.15, 0.2) is 72.8 Å². The molecule has 0 radical (unpaired) electrons. The van der Waals surface area contributed by atoms with Crippen LogP contribution in [0.4, 0.5) is 11.4 Å². The fraction of sp³-hybridized carbons (Fsp3) is 0.0455. The van der Waals surface area contributed by atoms with Crippen molar-refractivity contribution in [3.63, 3.8) is 0 Å². The Bertz CT molecular complexity index is 1150. The minimum absolute atomic E-state index is 0.0500. The Morgan fingerprint density at radius 3 is 2.10 bits per heavy atom. The van der Waals surface area contributed by atoms with Crippen LogP contribution in [-0.4, -0.2) is 22.7 Å². The average molecular weight is 420 g/mol. The van der Waals surface area contributed by atoms with Gasteiger partial charge < -0.3 is 9.47 Å². The largest absolute Gasteiger partial charge is 0.497 e. The van der Waals surface area contributed by atoms with Crippen LogP contribution in [0.1, 0.15) is 15.9 Å². The standard InChI is InChI=1S/C22H16N2O7/c1-30-18-8-10-19(11-9-18)31-22-13-3-15(14-20(22)24(28)29)2-12-21(25)16-4-6-17(7-5-16)23(26)27/h2-14H,1H3. The van der Waals surface area contributed by atoms with E-state index < -0.39 is 15.6 Å². The van der Waals surface area contributed by atoms with Gasteiger partial charge in [0.1, 0.15) is 11.5 Å². The Kier molecular flexibility index (Phi) is 6.36. The molecule has 0 atom stereocenters. The van der Waals surface area contributed by atoms with Crippen molar-refractivity contribution in [2.45, 2.75) is 0 Å². The first-order chi connectivity index (χ1) is 14.9. The van der Waals surface area contributed by atoms with E-state index in [4.69, 9.17) is 9.47 Å². The third-order valence-corrected chi connectivity index (χ3v) is 4.26. The van der Waals surface area contributed by atoms with Crippen molar-refractivity contribution in [1.29, 1.82) is 0 Å². The van der Waals surface area contributed by atoms with Crippen molar-refractivity contribution in [2.75, 3.05) is 7.11 Å². The van der Waals surface area contributed by atoms with E-state index >= 15 is 0 Å². The lowest BCUT2D eigenvalue weighted by Gasteiger charge is -2.08. The molecule has 0 saturated heterocycles. The molecule has 31 heavy (non-hydrogen) atoms. The van der Waals surface area contributed by atoms with Gasteiger partial charge in [-0.05, 0) is 54.1 Å². The van der Waals surface area contributed by atoms with Crippen LogP contribution in [0, 0.1) is 20.2 Å². The van der Waals surface area contributed by atoms with Gasteiger partial charge in [0.25, 0.3) is 5.69 Å².